The molecule has 3 heterocycles. The summed E-state index contributed by atoms with van der Waals surface area (Å²) in [7, 11) is 0. The molecule has 3 aromatic heterocycles. The second-order valence-electron chi connectivity index (χ2n) is 11.5. The molecule has 0 saturated heterocycles. The summed E-state index contributed by atoms with van der Waals surface area (Å²) in [4.78, 5) is 6.00. The van der Waals surface area contributed by atoms with Gasteiger partial charge in [-0.05, 0) is 101 Å². The minimum absolute atomic E-state index is 0.329. The molecule has 3 aromatic rings. The van der Waals surface area contributed by atoms with E-state index in [1.54, 1.807) is 10.4 Å². The Kier molecular flexibility index (Phi) is 17.4. The van der Waals surface area contributed by atoms with E-state index in [2.05, 4.69) is 53.4 Å². The highest BCUT2D eigenvalue weighted by Gasteiger charge is 2.16. The molecule has 224 valence electrons. The summed E-state index contributed by atoms with van der Waals surface area (Å²) < 4.78 is 1.34. The molecule has 5 heteroatoms. The first kappa shape index (κ1) is 34.0. The lowest BCUT2D eigenvalue weighted by Crippen LogP contribution is -1.90. The Morgan fingerprint density at radius 2 is 1.18 bits per heavy atom. The van der Waals surface area contributed by atoms with Gasteiger partial charge in [0.25, 0.3) is 0 Å². The average molecular weight is 666 g/mol. The van der Waals surface area contributed by atoms with Crippen LogP contribution in [0.25, 0.3) is 9.75 Å². The smallest absolute Gasteiger partial charge is 0.0737 e. The minimum Gasteiger partial charge on any atom is -0.396 e. The summed E-state index contributed by atoms with van der Waals surface area (Å²) >= 11 is 9.84. The fraction of sp³-hybridized carbons (Fsp3) is 0.657. The Bertz CT molecular complexity index is 1060. The quantitative estimate of drug-likeness (QED) is 0.1000. The average Bonchev–Trinajstić information content (AvgIpc) is 3.67. The van der Waals surface area contributed by atoms with E-state index in [9.17, 15) is 0 Å². The molecule has 40 heavy (non-hydrogen) atoms. The number of aliphatic hydroxyl groups is 1. The van der Waals surface area contributed by atoms with Crippen molar-refractivity contribution in [2.75, 3.05) is 6.61 Å². The Balaban J connectivity index is 1.60. The van der Waals surface area contributed by atoms with Crippen LogP contribution in [0.15, 0.2) is 27.4 Å². The van der Waals surface area contributed by atoms with Gasteiger partial charge in [-0.25, -0.2) is 0 Å². The highest BCUT2D eigenvalue weighted by atomic mass is 79.9. The summed E-state index contributed by atoms with van der Waals surface area (Å²) in [5.74, 6) is 0. The number of unbranched alkanes of at least 4 members (excludes halogenated alkanes) is 13. The minimum atomic E-state index is 0.329. The summed E-state index contributed by atoms with van der Waals surface area (Å²) in [5, 5.41) is 11.4. The third-order valence-electron chi connectivity index (χ3n) is 7.91. The molecule has 0 bridgehead atoms. The third kappa shape index (κ3) is 12.4. The SMILES string of the molecule is CCCCCCCCCCc1cc(-c2cc(CCCCCC)c(Cc3cc(CCCCCCO)cs3)s2)sc1Br. The van der Waals surface area contributed by atoms with Gasteiger partial charge in [0.15, 0.2) is 0 Å². The van der Waals surface area contributed by atoms with Gasteiger partial charge in [-0.3, -0.25) is 0 Å². The van der Waals surface area contributed by atoms with Gasteiger partial charge >= 0.3 is 0 Å². The van der Waals surface area contributed by atoms with Crippen molar-refractivity contribution in [1.29, 1.82) is 0 Å². The highest BCUT2D eigenvalue weighted by Crippen LogP contribution is 2.41. The van der Waals surface area contributed by atoms with Crippen molar-refractivity contribution in [3.05, 3.63) is 53.8 Å². The zero-order valence-electron chi connectivity index (χ0n) is 25.2. The van der Waals surface area contributed by atoms with Gasteiger partial charge in [0.05, 0.1) is 3.79 Å². The highest BCUT2D eigenvalue weighted by molar-refractivity contribution is 9.11. The van der Waals surface area contributed by atoms with Crippen molar-refractivity contribution in [2.45, 2.75) is 142 Å². The van der Waals surface area contributed by atoms with Gasteiger partial charge in [0.1, 0.15) is 0 Å². The lowest BCUT2D eigenvalue weighted by Gasteiger charge is -2.03. The van der Waals surface area contributed by atoms with Crippen molar-refractivity contribution in [3.63, 3.8) is 0 Å². The van der Waals surface area contributed by atoms with Crippen LogP contribution in [0.5, 0.6) is 0 Å². The van der Waals surface area contributed by atoms with Crippen LogP contribution < -0.4 is 0 Å². The number of aliphatic hydroxyl groups excluding tert-OH is 1. The maximum Gasteiger partial charge on any atom is 0.0737 e. The Morgan fingerprint density at radius 1 is 0.625 bits per heavy atom. The molecular weight excluding hydrogens is 612 g/mol. The van der Waals surface area contributed by atoms with E-state index in [1.807, 2.05) is 34.0 Å². The number of hydrogen-bond donors (Lipinski definition) is 1. The molecule has 0 radical (unpaired) electrons. The molecule has 0 spiro atoms. The van der Waals surface area contributed by atoms with E-state index in [1.165, 1.54) is 139 Å². The molecule has 3 rings (SSSR count). The van der Waals surface area contributed by atoms with Crippen LogP contribution in [0, 0.1) is 0 Å². The van der Waals surface area contributed by atoms with Crippen molar-refractivity contribution < 1.29 is 5.11 Å². The van der Waals surface area contributed by atoms with Gasteiger partial charge in [0, 0.05) is 32.5 Å². The number of hydrogen-bond acceptors (Lipinski definition) is 4. The van der Waals surface area contributed by atoms with E-state index in [0.717, 1.165) is 19.3 Å². The molecule has 0 fully saturated rings. The zero-order valence-corrected chi connectivity index (χ0v) is 29.2. The fourth-order valence-corrected chi connectivity index (χ4v) is 9.55. The predicted octanol–water partition coefficient (Wildman–Crippen LogP) is 12.8. The van der Waals surface area contributed by atoms with Gasteiger partial charge < -0.3 is 5.11 Å². The van der Waals surface area contributed by atoms with Crippen LogP contribution in [-0.2, 0) is 25.7 Å². The lowest BCUT2D eigenvalue weighted by molar-refractivity contribution is 0.282. The van der Waals surface area contributed by atoms with Gasteiger partial charge in [-0.15, -0.1) is 34.0 Å². The van der Waals surface area contributed by atoms with E-state index in [-0.39, 0.29) is 0 Å². The molecule has 0 unspecified atom stereocenters. The molecule has 0 atom stereocenters. The Hall–Kier alpha value is -0.460. The van der Waals surface area contributed by atoms with E-state index < -0.39 is 0 Å². The summed E-state index contributed by atoms with van der Waals surface area (Å²) in [5.41, 5.74) is 4.59. The predicted molar refractivity (Wildman–Crippen MR) is 186 cm³/mol. The molecule has 0 aliphatic carbocycles. The molecule has 0 aromatic carbocycles. The van der Waals surface area contributed by atoms with Crippen molar-refractivity contribution in [3.8, 4) is 9.75 Å². The van der Waals surface area contributed by atoms with Crippen LogP contribution >= 0.6 is 49.9 Å². The topological polar surface area (TPSA) is 20.2 Å². The molecule has 0 amide bonds. The van der Waals surface area contributed by atoms with Crippen LogP contribution in [0.3, 0.4) is 0 Å². The molecule has 1 nitrogen and oxygen atoms in total. The number of rotatable bonds is 23. The molecule has 1 N–H and O–H groups in total. The van der Waals surface area contributed by atoms with Crippen LogP contribution in [-0.4, -0.2) is 11.7 Å². The number of thiophene rings is 3. The first-order valence-electron chi connectivity index (χ1n) is 16.2. The van der Waals surface area contributed by atoms with Crippen LogP contribution in [0.1, 0.15) is 143 Å². The molecular formula is C35H53BrOS3. The number of aryl methyl sites for hydroxylation is 3. The number of halogens is 1. The van der Waals surface area contributed by atoms with Crippen LogP contribution in [0.2, 0.25) is 0 Å². The first-order chi connectivity index (χ1) is 19.6. The van der Waals surface area contributed by atoms with Gasteiger partial charge in [-0.1, -0.05) is 90.9 Å². The van der Waals surface area contributed by atoms with Crippen molar-refractivity contribution in [1.82, 2.24) is 0 Å². The molecule has 0 aliphatic rings. The summed E-state index contributed by atoms with van der Waals surface area (Å²) in [6.45, 7) is 4.92. The maximum absolute atomic E-state index is 9.00. The standard InChI is InChI=1S/C35H53BrOS3/c1-3-5-7-9-10-11-12-17-21-30-25-34(40-35(30)36)33-24-29(20-16-8-6-4-2)32(39-33)26-31-23-28(27-38-31)19-15-13-14-18-22-37/h23-25,27,37H,3-22,26H2,1-2H3. The molecule has 0 aliphatic heterocycles. The van der Waals surface area contributed by atoms with E-state index in [0.29, 0.717) is 6.61 Å². The monoisotopic (exact) mass is 664 g/mol. The van der Waals surface area contributed by atoms with Crippen molar-refractivity contribution in [2.24, 2.45) is 0 Å². The van der Waals surface area contributed by atoms with Gasteiger partial charge in [0.2, 0.25) is 0 Å². The first-order valence-corrected chi connectivity index (χ1v) is 19.5. The third-order valence-corrected chi connectivity index (χ3v) is 12.2. The Morgan fingerprint density at radius 3 is 1.88 bits per heavy atom. The normalized spacial score (nSPS) is 11.6. The summed E-state index contributed by atoms with van der Waals surface area (Å²) in [6.07, 6.45) is 25.5. The molecule has 0 saturated carbocycles. The zero-order chi connectivity index (χ0) is 28.4. The van der Waals surface area contributed by atoms with Gasteiger partial charge in [-0.2, -0.15) is 0 Å². The largest absolute Gasteiger partial charge is 0.396 e. The second-order valence-corrected chi connectivity index (χ2v) is 16.0. The van der Waals surface area contributed by atoms with Crippen LogP contribution in [0.4, 0.5) is 0 Å². The fourth-order valence-electron chi connectivity index (χ4n) is 5.44. The summed E-state index contributed by atoms with van der Waals surface area (Å²) in [6, 6.07) is 7.47. The van der Waals surface area contributed by atoms with Crippen molar-refractivity contribution >= 4 is 49.9 Å². The second kappa shape index (κ2) is 20.4. The van der Waals surface area contributed by atoms with E-state index >= 15 is 0 Å². The Labute approximate surface area is 266 Å². The van der Waals surface area contributed by atoms with E-state index in [4.69, 9.17) is 5.11 Å². The maximum atomic E-state index is 9.00. The lowest BCUT2D eigenvalue weighted by atomic mass is 10.0.